The van der Waals surface area contributed by atoms with Gasteiger partial charge in [0.25, 0.3) is 0 Å². The molecule has 0 radical (unpaired) electrons. The molecule has 140 valence electrons. The molecule has 1 saturated carbocycles. The summed E-state index contributed by atoms with van der Waals surface area (Å²) < 4.78 is 0. The molecule has 5 nitrogen and oxygen atoms in total. The largest absolute Gasteiger partial charge is 0.368 e. The number of carbonyl (C=O) groups is 2. The van der Waals surface area contributed by atoms with Crippen LogP contribution in [-0.4, -0.2) is 49.9 Å². The molecule has 2 fully saturated rings. The molecule has 0 atom stereocenters. The summed E-state index contributed by atoms with van der Waals surface area (Å²) in [7, 11) is 1.76. The van der Waals surface area contributed by atoms with Gasteiger partial charge in [-0.3, -0.25) is 9.59 Å². The maximum atomic E-state index is 13.2. The number of piperazine rings is 1. The topological polar surface area (TPSA) is 43.9 Å². The molecule has 5 heteroatoms. The molecule has 2 amide bonds. The lowest BCUT2D eigenvalue weighted by Gasteiger charge is -2.38. The van der Waals surface area contributed by atoms with Crippen molar-refractivity contribution in [2.45, 2.75) is 12.8 Å². The van der Waals surface area contributed by atoms with Gasteiger partial charge in [-0.2, -0.15) is 0 Å². The van der Waals surface area contributed by atoms with Crippen LogP contribution in [-0.2, 0) is 9.59 Å². The Labute approximate surface area is 160 Å². The Morgan fingerprint density at radius 2 is 1.41 bits per heavy atom. The summed E-state index contributed by atoms with van der Waals surface area (Å²) >= 11 is 0. The van der Waals surface area contributed by atoms with Gasteiger partial charge in [0.15, 0.2) is 0 Å². The monoisotopic (exact) mass is 363 g/mol. The van der Waals surface area contributed by atoms with E-state index in [0.29, 0.717) is 25.9 Å². The third-order valence-electron chi connectivity index (χ3n) is 5.71. The average molecular weight is 363 g/mol. The van der Waals surface area contributed by atoms with Gasteiger partial charge in [0.05, 0.1) is 0 Å². The van der Waals surface area contributed by atoms with Gasteiger partial charge in [0.1, 0.15) is 5.41 Å². The van der Waals surface area contributed by atoms with Crippen molar-refractivity contribution in [1.29, 1.82) is 0 Å². The van der Waals surface area contributed by atoms with Gasteiger partial charge in [-0.05, 0) is 37.1 Å². The molecule has 1 heterocycles. The van der Waals surface area contributed by atoms with E-state index in [9.17, 15) is 9.59 Å². The Bertz CT molecular complexity index is 810. The van der Waals surface area contributed by atoms with Crippen molar-refractivity contribution >= 4 is 23.2 Å². The van der Waals surface area contributed by atoms with Crippen LogP contribution in [0.3, 0.4) is 0 Å². The summed E-state index contributed by atoms with van der Waals surface area (Å²) in [5.74, 6) is -0.0767. The van der Waals surface area contributed by atoms with E-state index in [-0.39, 0.29) is 11.8 Å². The molecule has 1 saturated heterocycles. The average Bonchev–Trinajstić information content (AvgIpc) is 3.55. The number of hydrogen-bond acceptors (Lipinski definition) is 3. The lowest BCUT2D eigenvalue weighted by Crippen LogP contribution is -2.53. The van der Waals surface area contributed by atoms with Gasteiger partial charge >= 0.3 is 0 Å². The fourth-order valence-corrected chi connectivity index (χ4v) is 3.84. The molecule has 2 aliphatic rings. The predicted molar refractivity (Wildman–Crippen MR) is 107 cm³/mol. The van der Waals surface area contributed by atoms with Gasteiger partial charge in [0, 0.05) is 44.6 Å². The lowest BCUT2D eigenvalue weighted by molar-refractivity contribution is -0.143. The molecule has 1 aliphatic heterocycles. The van der Waals surface area contributed by atoms with Gasteiger partial charge in [-0.1, -0.05) is 36.4 Å². The van der Waals surface area contributed by atoms with E-state index in [1.165, 1.54) is 5.69 Å². The summed E-state index contributed by atoms with van der Waals surface area (Å²) in [5.41, 5.74) is 1.17. The lowest BCUT2D eigenvalue weighted by atomic mass is 10.0. The second kappa shape index (κ2) is 7.06. The van der Waals surface area contributed by atoms with Crippen molar-refractivity contribution in [3.8, 4) is 0 Å². The zero-order valence-electron chi connectivity index (χ0n) is 15.7. The number of carbonyl (C=O) groups excluding carboxylic acids is 2. The first-order valence-electron chi connectivity index (χ1n) is 9.54. The van der Waals surface area contributed by atoms with Crippen LogP contribution >= 0.6 is 0 Å². The van der Waals surface area contributed by atoms with Crippen molar-refractivity contribution in [3.63, 3.8) is 0 Å². The minimum absolute atomic E-state index is 0.00277. The zero-order valence-corrected chi connectivity index (χ0v) is 15.7. The number of para-hydroxylation sites is 2. The summed E-state index contributed by atoms with van der Waals surface area (Å²) in [6.45, 7) is 2.93. The maximum absolute atomic E-state index is 13.2. The number of rotatable bonds is 4. The number of hydrogen-bond donors (Lipinski definition) is 0. The summed E-state index contributed by atoms with van der Waals surface area (Å²) in [5, 5.41) is 0. The third kappa shape index (κ3) is 3.29. The van der Waals surface area contributed by atoms with Crippen LogP contribution in [0.5, 0.6) is 0 Å². The quantitative estimate of drug-likeness (QED) is 0.785. The number of nitrogens with zero attached hydrogens (tertiary/aromatic N) is 3. The zero-order chi connectivity index (χ0) is 18.9. The van der Waals surface area contributed by atoms with Gasteiger partial charge < -0.3 is 14.7 Å². The normalized spacial score (nSPS) is 18.1. The van der Waals surface area contributed by atoms with Crippen LogP contribution in [0, 0.1) is 5.41 Å². The van der Waals surface area contributed by atoms with Crippen molar-refractivity contribution in [1.82, 2.24) is 4.90 Å². The minimum Gasteiger partial charge on any atom is -0.368 e. The van der Waals surface area contributed by atoms with Crippen molar-refractivity contribution in [2.24, 2.45) is 5.41 Å². The Kier molecular flexibility index (Phi) is 4.60. The van der Waals surface area contributed by atoms with Crippen LogP contribution < -0.4 is 9.80 Å². The molecule has 0 spiro atoms. The first kappa shape index (κ1) is 17.6. The molecule has 27 heavy (non-hydrogen) atoms. The van der Waals surface area contributed by atoms with Crippen molar-refractivity contribution in [2.75, 3.05) is 43.0 Å². The highest BCUT2D eigenvalue weighted by Crippen LogP contribution is 2.49. The molecule has 0 N–H and O–H groups in total. The molecule has 1 aliphatic carbocycles. The van der Waals surface area contributed by atoms with E-state index in [0.717, 1.165) is 18.8 Å². The van der Waals surface area contributed by atoms with E-state index >= 15 is 0 Å². The van der Waals surface area contributed by atoms with Gasteiger partial charge in [-0.25, -0.2) is 0 Å². The van der Waals surface area contributed by atoms with Crippen LogP contribution in [0.4, 0.5) is 11.4 Å². The fourth-order valence-electron chi connectivity index (χ4n) is 3.84. The standard InChI is InChI=1S/C22H25N3O2/c1-23(18-8-4-2-5-9-18)20(26)22(12-13-22)21(27)25-16-14-24(15-17-25)19-10-6-3-7-11-19/h2-11H,12-17H2,1H3. The Morgan fingerprint density at radius 3 is 1.96 bits per heavy atom. The third-order valence-corrected chi connectivity index (χ3v) is 5.71. The van der Waals surface area contributed by atoms with Crippen molar-refractivity contribution in [3.05, 3.63) is 60.7 Å². The smallest absolute Gasteiger partial charge is 0.242 e. The van der Waals surface area contributed by atoms with Crippen LogP contribution in [0.1, 0.15) is 12.8 Å². The summed E-state index contributed by atoms with van der Waals surface area (Å²) in [4.78, 5) is 32.0. The molecule has 0 bridgehead atoms. The predicted octanol–water partition coefficient (Wildman–Crippen LogP) is 2.78. The molecule has 4 rings (SSSR count). The molecule has 2 aromatic rings. The van der Waals surface area contributed by atoms with Crippen molar-refractivity contribution < 1.29 is 9.59 Å². The van der Waals surface area contributed by atoms with Crippen LogP contribution in [0.15, 0.2) is 60.7 Å². The summed E-state index contributed by atoms with van der Waals surface area (Å²) in [6, 6.07) is 19.8. The first-order chi connectivity index (χ1) is 13.1. The fraction of sp³-hybridized carbons (Fsp3) is 0.364. The highest BCUT2D eigenvalue weighted by molar-refractivity contribution is 6.13. The molecule has 0 unspecified atom stereocenters. The Hall–Kier alpha value is -2.82. The van der Waals surface area contributed by atoms with Gasteiger partial charge in [0.2, 0.25) is 11.8 Å². The van der Waals surface area contributed by atoms with Gasteiger partial charge in [-0.15, -0.1) is 0 Å². The molecular weight excluding hydrogens is 338 g/mol. The van der Waals surface area contributed by atoms with E-state index < -0.39 is 5.41 Å². The van der Waals surface area contributed by atoms with E-state index in [1.807, 2.05) is 53.4 Å². The van der Waals surface area contributed by atoms with E-state index in [4.69, 9.17) is 0 Å². The molecule has 2 aromatic carbocycles. The number of amides is 2. The van der Waals surface area contributed by atoms with Crippen LogP contribution in [0.2, 0.25) is 0 Å². The van der Waals surface area contributed by atoms with E-state index in [2.05, 4.69) is 17.0 Å². The van der Waals surface area contributed by atoms with Crippen LogP contribution in [0.25, 0.3) is 0 Å². The highest BCUT2D eigenvalue weighted by atomic mass is 16.2. The molecular formula is C22H25N3O2. The minimum atomic E-state index is -0.848. The number of benzene rings is 2. The highest BCUT2D eigenvalue weighted by Gasteiger charge is 2.59. The second-order valence-corrected chi connectivity index (χ2v) is 7.40. The Balaban J connectivity index is 1.42. The number of anilines is 2. The first-order valence-corrected chi connectivity index (χ1v) is 9.54. The molecule has 0 aromatic heterocycles. The SMILES string of the molecule is CN(C(=O)C1(C(=O)N2CCN(c3ccccc3)CC2)CC1)c1ccccc1. The second-order valence-electron chi connectivity index (χ2n) is 7.40. The summed E-state index contributed by atoms with van der Waals surface area (Å²) in [6.07, 6.45) is 1.31. The van der Waals surface area contributed by atoms with E-state index in [1.54, 1.807) is 11.9 Å². The Morgan fingerprint density at radius 1 is 0.852 bits per heavy atom. The maximum Gasteiger partial charge on any atom is 0.242 e.